The number of aromatic carboxylic acids is 1. The molecule has 1 aromatic heterocycles. The summed E-state index contributed by atoms with van der Waals surface area (Å²) in [5.74, 6) is 0.441. The van der Waals surface area contributed by atoms with Crippen molar-refractivity contribution in [3.8, 4) is 11.5 Å². The van der Waals surface area contributed by atoms with Crippen molar-refractivity contribution in [2.75, 3.05) is 26.2 Å². The molecule has 8 nitrogen and oxygen atoms in total. The topological polar surface area (TPSA) is 87.9 Å². The van der Waals surface area contributed by atoms with Gasteiger partial charge < -0.3 is 14.7 Å². The van der Waals surface area contributed by atoms with Crippen molar-refractivity contribution in [1.29, 1.82) is 0 Å². The van der Waals surface area contributed by atoms with Crippen LogP contribution in [0, 0.1) is 0 Å². The van der Waals surface area contributed by atoms with E-state index in [-0.39, 0.29) is 11.7 Å². The first-order valence-electron chi connectivity index (χ1n) is 9.71. The summed E-state index contributed by atoms with van der Waals surface area (Å²) >= 11 is 0. The maximum absolute atomic E-state index is 12.5. The van der Waals surface area contributed by atoms with Crippen LogP contribution in [-0.2, 0) is 6.54 Å². The van der Waals surface area contributed by atoms with Crippen molar-refractivity contribution in [3.05, 3.63) is 78.1 Å². The fourth-order valence-corrected chi connectivity index (χ4v) is 3.38. The molecule has 30 heavy (non-hydrogen) atoms. The average Bonchev–Trinajstić information content (AvgIpc) is 3.26. The second-order valence-corrected chi connectivity index (χ2v) is 7.06. The number of ether oxygens (including phenoxy) is 1. The van der Waals surface area contributed by atoms with Crippen LogP contribution in [-0.4, -0.2) is 62.9 Å². The molecule has 1 aliphatic rings. The zero-order valence-electron chi connectivity index (χ0n) is 16.3. The zero-order chi connectivity index (χ0) is 20.9. The fourth-order valence-electron chi connectivity index (χ4n) is 3.38. The van der Waals surface area contributed by atoms with E-state index in [1.807, 2.05) is 48.5 Å². The first-order chi connectivity index (χ1) is 14.6. The maximum Gasteiger partial charge on any atom is 0.356 e. The van der Waals surface area contributed by atoms with Crippen molar-refractivity contribution >= 4 is 12.0 Å². The van der Waals surface area contributed by atoms with Crippen LogP contribution in [0.4, 0.5) is 4.79 Å². The summed E-state index contributed by atoms with van der Waals surface area (Å²) in [4.78, 5) is 27.4. The van der Waals surface area contributed by atoms with E-state index in [1.54, 1.807) is 4.90 Å². The molecule has 0 unspecified atom stereocenters. The van der Waals surface area contributed by atoms with Gasteiger partial charge in [-0.25, -0.2) is 9.59 Å². The minimum atomic E-state index is -1.15. The van der Waals surface area contributed by atoms with Gasteiger partial charge in [0, 0.05) is 38.9 Å². The SMILES string of the molecule is O=C(O)c1ccn(C(=O)N2CCN(Cc3cccc(Oc4ccccc4)c3)CC2)n1. The Morgan fingerprint density at radius 2 is 1.67 bits per heavy atom. The van der Waals surface area contributed by atoms with Gasteiger partial charge in [-0.05, 0) is 35.9 Å². The van der Waals surface area contributed by atoms with Crippen LogP contribution in [0.25, 0.3) is 0 Å². The van der Waals surface area contributed by atoms with Gasteiger partial charge in [-0.1, -0.05) is 30.3 Å². The van der Waals surface area contributed by atoms with E-state index >= 15 is 0 Å². The molecule has 3 aromatic rings. The molecule has 0 aliphatic carbocycles. The normalized spacial score (nSPS) is 14.5. The molecule has 0 spiro atoms. The van der Waals surface area contributed by atoms with E-state index in [0.29, 0.717) is 13.1 Å². The van der Waals surface area contributed by atoms with E-state index in [0.717, 1.165) is 41.4 Å². The lowest BCUT2D eigenvalue weighted by Crippen LogP contribution is -2.49. The van der Waals surface area contributed by atoms with Gasteiger partial charge in [0.1, 0.15) is 11.5 Å². The Bertz CT molecular complexity index is 1030. The van der Waals surface area contributed by atoms with Gasteiger partial charge in [-0.15, -0.1) is 0 Å². The van der Waals surface area contributed by atoms with Crippen molar-refractivity contribution in [2.24, 2.45) is 0 Å². The molecule has 0 radical (unpaired) electrons. The number of para-hydroxylation sites is 1. The Morgan fingerprint density at radius 1 is 0.933 bits per heavy atom. The minimum absolute atomic E-state index is 0.139. The van der Waals surface area contributed by atoms with Crippen LogP contribution in [0.15, 0.2) is 66.9 Å². The maximum atomic E-state index is 12.5. The number of carboxylic acids is 1. The fraction of sp³-hybridized carbons (Fsp3) is 0.227. The summed E-state index contributed by atoms with van der Waals surface area (Å²) in [6, 6.07) is 18.7. The summed E-state index contributed by atoms with van der Waals surface area (Å²) in [5.41, 5.74) is 1.00. The van der Waals surface area contributed by atoms with Crippen molar-refractivity contribution in [3.63, 3.8) is 0 Å². The first kappa shape index (κ1) is 19.7. The first-order valence-corrected chi connectivity index (χ1v) is 9.71. The molecule has 0 saturated carbocycles. The second kappa shape index (κ2) is 8.79. The van der Waals surface area contributed by atoms with Crippen LogP contribution in [0.1, 0.15) is 16.1 Å². The van der Waals surface area contributed by atoms with E-state index in [9.17, 15) is 9.59 Å². The lowest BCUT2D eigenvalue weighted by Gasteiger charge is -2.34. The Labute approximate surface area is 173 Å². The molecular weight excluding hydrogens is 384 g/mol. The molecule has 0 bridgehead atoms. The third kappa shape index (κ3) is 4.66. The highest BCUT2D eigenvalue weighted by Gasteiger charge is 2.23. The van der Waals surface area contributed by atoms with Crippen LogP contribution in [0.5, 0.6) is 11.5 Å². The smallest absolute Gasteiger partial charge is 0.356 e. The number of hydrogen-bond acceptors (Lipinski definition) is 5. The lowest BCUT2D eigenvalue weighted by molar-refractivity contribution is 0.0689. The van der Waals surface area contributed by atoms with Crippen molar-refractivity contribution in [2.45, 2.75) is 6.54 Å². The number of carbonyl (C=O) groups excluding carboxylic acids is 1. The Balaban J connectivity index is 1.32. The highest BCUT2D eigenvalue weighted by molar-refractivity contribution is 5.86. The Morgan fingerprint density at radius 3 is 2.37 bits per heavy atom. The summed E-state index contributed by atoms with van der Waals surface area (Å²) in [5, 5.41) is 12.8. The number of carbonyl (C=O) groups is 2. The quantitative estimate of drug-likeness (QED) is 0.700. The van der Waals surface area contributed by atoms with Gasteiger partial charge in [-0.3, -0.25) is 4.90 Å². The average molecular weight is 406 g/mol. The Hall–Kier alpha value is -3.65. The predicted molar refractivity (Wildman–Crippen MR) is 110 cm³/mol. The van der Waals surface area contributed by atoms with Crippen molar-refractivity contribution in [1.82, 2.24) is 19.6 Å². The number of nitrogens with zero attached hydrogens (tertiary/aromatic N) is 4. The van der Waals surface area contributed by atoms with Crippen LogP contribution in [0.3, 0.4) is 0 Å². The molecule has 8 heteroatoms. The number of aromatic nitrogens is 2. The zero-order valence-corrected chi connectivity index (χ0v) is 16.3. The summed E-state index contributed by atoms with van der Waals surface area (Å²) < 4.78 is 6.99. The minimum Gasteiger partial charge on any atom is -0.476 e. The van der Waals surface area contributed by atoms with Gasteiger partial charge in [0.25, 0.3) is 0 Å². The van der Waals surface area contributed by atoms with E-state index in [4.69, 9.17) is 9.84 Å². The molecule has 1 aliphatic heterocycles. The monoisotopic (exact) mass is 406 g/mol. The molecule has 1 N–H and O–H groups in total. The summed E-state index contributed by atoms with van der Waals surface area (Å²) in [7, 11) is 0. The molecule has 154 valence electrons. The molecule has 1 saturated heterocycles. The van der Waals surface area contributed by atoms with Gasteiger partial charge in [0.05, 0.1) is 0 Å². The molecule has 2 heterocycles. The number of carboxylic acid groups (broad SMARTS) is 1. The van der Waals surface area contributed by atoms with Gasteiger partial charge in [0.15, 0.2) is 5.69 Å². The van der Waals surface area contributed by atoms with E-state index in [2.05, 4.69) is 16.1 Å². The molecule has 2 aromatic carbocycles. The predicted octanol–water partition coefficient (Wildman–Crippen LogP) is 3.16. The third-order valence-electron chi connectivity index (χ3n) is 4.93. The lowest BCUT2D eigenvalue weighted by atomic mass is 10.2. The van der Waals surface area contributed by atoms with E-state index < -0.39 is 5.97 Å². The van der Waals surface area contributed by atoms with Crippen molar-refractivity contribution < 1.29 is 19.4 Å². The molecule has 0 atom stereocenters. The summed E-state index contributed by atoms with van der Waals surface area (Å²) in [6.45, 7) is 3.33. The van der Waals surface area contributed by atoms with E-state index in [1.165, 1.54) is 12.3 Å². The molecular formula is C22H22N4O4. The number of benzene rings is 2. The van der Waals surface area contributed by atoms with Crippen LogP contribution >= 0.6 is 0 Å². The largest absolute Gasteiger partial charge is 0.476 e. The highest BCUT2D eigenvalue weighted by atomic mass is 16.5. The van der Waals surface area contributed by atoms with Gasteiger partial charge in [-0.2, -0.15) is 9.78 Å². The number of rotatable bonds is 5. The summed E-state index contributed by atoms with van der Waals surface area (Å²) in [6.07, 6.45) is 1.39. The standard InChI is InChI=1S/C22H22N4O4/c27-21(28)20-9-10-26(23-20)22(29)25-13-11-24(12-14-25)16-17-5-4-8-19(15-17)30-18-6-2-1-3-7-18/h1-10,15H,11-14,16H2,(H,27,28). The number of amides is 1. The molecule has 1 amide bonds. The number of hydrogen-bond donors (Lipinski definition) is 1. The highest BCUT2D eigenvalue weighted by Crippen LogP contribution is 2.22. The second-order valence-electron chi connectivity index (χ2n) is 7.06. The molecule has 1 fully saturated rings. The molecule has 4 rings (SSSR count). The van der Waals surface area contributed by atoms with Gasteiger partial charge in [0.2, 0.25) is 0 Å². The van der Waals surface area contributed by atoms with Crippen LogP contribution in [0.2, 0.25) is 0 Å². The Kier molecular flexibility index (Phi) is 5.76. The van der Waals surface area contributed by atoms with Crippen LogP contribution < -0.4 is 4.74 Å². The number of piperazine rings is 1. The van der Waals surface area contributed by atoms with Gasteiger partial charge >= 0.3 is 12.0 Å². The third-order valence-corrected chi connectivity index (χ3v) is 4.93.